The number of nitrogens with one attached hydrogen (secondary N) is 2. The van der Waals surface area contributed by atoms with Crippen molar-refractivity contribution in [3.05, 3.63) is 89.5 Å². The van der Waals surface area contributed by atoms with Gasteiger partial charge >= 0.3 is 0 Å². The zero-order valence-corrected chi connectivity index (χ0v) is 17.6. The molecule has 9 nitrogen and oxygen atoms in total. The van der Waals surface area contributed by atoms with Crippen LogP contribution >= 0.6 is 0 Å². The molecule has 0 aliphatic carbocycles. The number of carbonyl (C=O) groups is 2. The highest BCUT2D eigenvalue weighted by atomic mass is 16.5. The van der Waals surface area contributed by atoms with E-state index in [2.05, 4.69) is 15.7 Å². The van der Waals surface area contributed by atoms with Gasteiger partial charge in [0.05, 0.1) is 18.5 Å². The molecule has 32 heavy (non-hydrogen) atoms. The van der Waals surface area contributed by atoms with Gasteiger partial charge in [0.25, 0.3) is 11.8 Å². The summed E-state index contributed by atoms with van der Waals surface area (Å²) in [7, 11) is 1.66. The molecule has 0 bridgehead atoms. The molecule has 1 aromatic carbocycles. The van der Waals surface area contributed by atoms with Crippen LogP contribution in [0.15, 0.2) is 69.8 Å². The summed E-state index contributed by atoms with van der Waals surface area (Å²) in [6.07, 6.45) is 3.07. The Labute approximate surface area is 184 Å². The summed E-state index contributed by atoms with van der Waals surface area (Å²) in [5.74, 6) is 0.977. The number of aryl methyl sites for hydroxylation is 2. The van der Waals surface area contributed by atoms with Crippen LogP contribution in [0.1, 0.15) is 38.1 Å². The third-order valence-electron chi connectivity index (χ3n) is 4.55. The maximum atomic E-state index is 12.6. The first kappa shape index (κ1) is 21.0. The molecule has 2 amide bonds. The fourth-order valence-corrected chi connectivity index (χ4v) is 3.03. The smallest absolute Gasteiger partial charge is 0.291 e. The molecule has 0 spiro atoms. The third-order valence-corrected chi connectivity index (χ3v) is 4.55. The molecular weight excluding hydrogens is 412 g/mol. The number of rotatable bonds is 8. The van der Waals surface area contributed by atoms with Crippen molar-refractivity contribution >= 4 is 17.5 Å². The van der Waals surface area contributed by atoms with E-state index in [-0.39, 0.29) is 30.3 Å². The zero-order chi connectivity index (χ0) is 22.5. The lowest BCUT2D eigenvalue weighted by Crippen LogP contribution is -2.25. The first-order chi connectivity index (χ1) is 15.5. The number of benzene rings is 1. The summed E-state index contributed by atoms with van der Waals surface area (Å²) in [6.45, 7) is 2.37. The molecule has 164 valence electrons. The molecule has 0 aliphatic rings. The Bertz CT molecular complexity index is 1220. The van der Waals surface area contributed by atoms with E-state index in [1.807, 2.05) is 31.2 Å². The van der Waals surface area contributed by atoms with E-state index in [4.69, 9.17) is 13.6 Å². The van der Waals surface area contributed by atoms with E-state index >= 15 is 0 Å². The SMILES string of the molecule is Cc1cccc(OCc2ccc(C(=O)Nc3cn(C)nc3C(=O)NCc3ccco3)o2)c1. The number of furan rings is 2. The van der Waals surface area contributed by atoms with Crippen molar-refractivity contribution in [3.63, 3.8) is 0 Å². The number of aromatic nitrogens is 2. The number of hydrogen-bond donors (Lipinski definition) is 2. The second-order valence-corrected chi connectivity index (χ2v) is 7.15. The minimum atomic E-state index is -0.500. The second kappa shape index (κ2) is 9.25. The monoisotopic (exact) mass is 434 g/mol. The molecule has 9 heteroatoms. The Morgan fingerprint density at radius 3 is 2.75 bits per heavy atom. The van der Waals surface area contributed by atoms with Crippen molar-refractivity contribution in [2.45, 2.75) is 20.1 Å². The summed E-state index contributed by atoms with van der Waals surface area (Å²) >= 11 is 0. The van der Waals surface area contributed by atoms with Crippen molar-refractivity contribution in [1.29, 1.82) is 0 Å². The van der Waals surface area contributed by atoms with Gasteiger partial charge in [-0.3, -0.25) is 14.3 Å². The predicted molar refractivity (Wildman–Crippen MR) is 115 cm³/mol. The Kier molecular flexibility index (Phi) is 6.07. The van der Waals surface area contributed by atoms with E-state index in [9.17, 15) is 9.59 Å². The standard InChI is InChI=1S/C23H22N4O5/c1-15-5-3-6-16(11-15)31-14-18-8-9-20(32-18)22(28)25-19-13-27(2)26-21(19)23(29)24-12-17-7-4-10-30-17/h3-11,13H,12,14H2,1-2H3,(H,24,29)(H,25,28). The molecule has 3 aromatic heterocycles. The van der Waals surface area contributed by atoms with Crippen molar-refractivity contribution in [1.82, 2.24) is 15.1 Å². The Morgan fingerprint density at radius 2 is 1.97 bits per heavy atom. The van der Waals surface area contributed by atoms with Crippen LogP contribution in [-0.4, -0.2) is 21.6 Å². The summed E-state index contributed by atoms with van der Waals surface area (Å²) in [5, 5.41) is 9.53. The van der Waals surface area contributed by atoms with Crippen molar-refractivity contribution < 1.29 is 23.2 Å². The van der Waals surface area contributed by atoms with Crippen molar-refractivity contribution in [3.8, 4) is 5.75 Å². The van der Waals surface area contributed by atoms with Crippen LogP contribution in [0, 0.1) is 6.92 Å². The van der Waals surface area contributed by atoms with E-state index in [1.54, 1.807) is 37.5 Å². The summed E-state index contributed by atoms with van der Waals surface area (Å²) in [6, 6.07) is 14.4. The van der Waals surface area contributed by atoms with E-state index in [0.29, 0.717) is 17.3 Å². The Hall–Kier alpha value is -4.27. The number of amides is 2. The van der Waals surface area contributed by atoms with E-state index in [0.717, 1.165) is 5.56 Å². The van der Waals surface area contributed by atoms with Crippen LogP contribution in [0.3, 0.4) is 0 Å². The molecule has 0 atom stereocenters. The fourth-order valence-electron chi connectivity index (χ4n) is 3.03. The molecular formula is C23H22N4O5. The Morgan fingerprint density at radius 1 is 1.09 bits per heavy atom. The van der Waals surface area contributed by atoms with Crippen LogP contribution in [0.5, 0.6) is 5.75 Å². The quantitative estimate of drug-likeness (QED) is 0.438. The molecule has 4 aromatic rings. The van der Waals surface area contributed by atoms with Crippen LogP contribution in [-0.2, 0) is 20.2 Å². The normalized spacial score (nSPS) is 10.7. The number of carbonyl (C=O) groups excluding carboxylic acids is 2. The third kappa shape index (κ3) is 5.07. The van der Waals surface area contributed by atoms with Crippen LogP contribution in [0.25, 0.3) is 0 Å². The lowest BCUT2D eigenvalue weighted by atomic mass is 10.2. The summed E-state index contributed by atoms with van der Waals surface area (Å²) < 4.78 is 17.9. The highest BCUT2D eigenvalue weighted by Crippen LogP contribution is 2.18. The van der Waals surface area contributed by atoms with E-state index in [1.165, 1.54) is 10.9 Å². The lowest BCUT2D eigenvalue weighted by molar-refractivity contribution is 0.0943. The minimum absolute atomic E-state index is 0.0852. The molecule has 0 saturated heterocycles. The van der Waals surface area contributed by atoms with Gasteiger partial charge < -0.3 is 24.2 Å². The zero-order valence-electron chi connectivity index (χ0n) is 17.6. The molecule has 0 saturated carbocycles. The van der Waals surface area contributed by atoms with Gasteiger partial charge in [-0.15, -0.1) is 0 Å². The lowest BCUT2D eigenvalue weighted by Gasteiger charge is -2.05. The summed E-state index contributed by atoms with van der Waals surface area (Å²) in [5.41, 5.74) is 1.44. The molecule has 3 heterocycles. The average Bonchev–Trinajstić information content (AvgIpc) is 3.52. The topological polar surface area (TPSA) is 112 Å². The molecule has 2 N–H and O–H groups in total. The van der Waals surface area contributed by atoms with Gasteiger partial charge in [0.1, 0.15) is 23.9 Å². The number of ether oxygens (including phenoxy) is 1. The molecule has 4 rings (SSSR count). The Balaban J connectivity index is 1.38. The predicted octanol–water partition coefficient (Wildman–Crippen LogP) is 3.68. The van der Waals surface area contributed by atoms with Gasteiger partial charge in [-0.2, -0.15) is 5.10 Å². The first-order valence-corrected chi connectivity index (χ1v) is 9.91. The molecule has 0 unspecified atom stereocenters. The number of nitrogens with zero attached hydrogens (tertiary/aromatic N) is 2. The van der Waals surface area contributed by atoms with Gasteiger partial charge in [-0.05, 0) is 48.9 Å². The van der Waals surface area contributed by atoms with Gasteiger partial charge in [0.15, 0.2) is 11.5 Å². The van der Waals surface area contributed by atoms with Crippen LogP contribution in [0.4, 0.5) is 5.69 Å². The van der Waals surface area contributed by atoms with E-state index < -0.39 is 11.8 Å². The molecule has 0 aliphatic heterocycles. The maximum Gasteiger partial charge on any atom is 0.291 e. The second-order valence-electron chi connectivity index (χ2n) is 7.15. The maximum absolute atomic E-state index is 12.6. The molecule has 0 fully saturated rings. The van der Waals surface area contributed by atoms with Crippen molar-refractivity contribution in [2.24, 2.45) is 7.05 Å². The van der Waals surface area contributed by atoms with Gasteiger partial charge in [-0.1, -0.05) is 12.1 Å². The summed E-state index contributed by atoms with van der Waals surface area (Å²) in [4.78, 5) is 25.2. The highest BCUT2D eigenvalue weighted by Gasteiger charge is 2.20. The van der Waals surface area contributed by atoms with Crippen molar-refractivity contribution in [2.75, 3.05) is 5.32 Å². The first-order valence-electron chi connectivity index (χ1n) is 9.91. The highest BCUT2D eigenvalue weighted by molar-refractivity contribution is 6.07. The molecule has 0 radical (unpaired) electrons. The largest absolute Gasteiger partial charge is 0.486 e. The number of anilines is 1. The van der Waals surface area contributed by atoms with Crippen LogP contribution < -0.4 is 15.4 Å². The van der Waals surface area contributed by atoms with Gasteiger partial charge in [-0.25, -0.2) is 0 Å². The average molecular weight is 434 g/mol. The van der Waals surface area contributed by atoms with Gasteiger partial charge in [0, 0.05) is 13.2 Å². The number of hydrogen-bond acceptors (Lipinski definition) is 6. The fraction of sp³-hybridized carbons (Fsp3) is 0.174. The minimum Gasteiger partial charge on any atom is -0.486 e. The van der Waals surface area contributed by atoms with Gasteiger partial charge in [0.2, 0.25) is 0 Å². The van der Waals surface area contributed by atoms with Crippen LogP contribution in [0.2, 0.25) is 0 Å².